The molecule has 2 aromatic rings. The second kappa shape index (κ2) is 7.13. The molecule has 0 saturated heterocycles. The first-order chi connectivity index (χ1) is 10.5. The number of esters is 1. The van der Waals surface area contributed by atoms with Gasteiger partial charge in [0.15, 0.2) is 0 Å². The van der Waals surface area contributed by atoms with Crippen LogP contribution < -0.4 is 0 Å². The first-order valence-electron chi connectivity index (χ1n) is 7.13. The summed E-state index contributed by atoms with van der Waals surface area (Å²) < 4.78 is 10.1. The Morgan fingerprint density at radius 3 is 2.17 bits per heavy atom. The third-order valence-corrected chi connectivity index (χ3v) is 2.88. The van der Waals surface area contributed by atoms with E-state index >= 15 is 0 Å². The summed E-state index contributed by atoms with van der Waals surface area (Å²) in [4.78, 5) is 21.2. The molecule has 5 nitrogen and oxygen atoms in total. The normalized spacial score (nSPS) is 10.7. The number of rotatable bonds is 2. The summed E-state index contributed by atoms with van der Waals surface area (Å²) in [5, 5.41) is 9.65. The molecule has 124 valence electrons. The van der Waals surface area contributed by atoms with E-state index in [-0.39, 0.29) is 11.7 Å². The minimum absolute atomic E-state index is 0.00241. The van der Waals surface area contributed by atoms with Crippen LogP contribution in [0.3, 0.4) is 0 Å². The van der Waals surface area contributed by atoms with Crippen LogP contribution in [0.25, 0.3) is 11.0 Å². The van der Waals surface area contributed by atoms with Gasteiger partial charge in [0.25, 0.3) is 0 Å². The van der Waals surface area contributed by atoms with Gasteiger partial charge in [0.05, 0.1) is 0 Å². The van der Waals surface area contributed by atoms with Crippen molar-refractivity contribution in [2.45, 2.75) is 40.2 Å². The number of ether oxygens (including phenoxy) is 1. The fourth-order valence-electron chi connectivity index (χ4n) is 1.84. The van der Waals surface area contributed by atoms with Gasteiger partial charge in [-0.3, -0.25) is 0 Å². The third-order valence-electron chi connectivity index (χ3n) is 2.88. The molecule has 1 heterocycles. The third kappa shape index (κ3) is 5.29. The van der Waals surface area contributed by atoms with Gasteiger partial charge < -0.3 is 14.3 Å². The van der Waals surface area contributed by atoms with Crippen molar-refractivity contribution >= 4 is 22.9 Å². The zero-order valence-electron chi connectivity index (χ0n) is 14.1. The molecule has 0 fully saturated rings. The van der Waals surface area contributed by atoms with Crippen LogP contribution in [-0.4, -0.2) is 22.6 Å². The van der Waals surface area contributed by atoms with Crippen LogP contribution in [0.2, 0.25) is 0 Å². The number of hydrogen-bond donors (Lipinski definition) is 1. The van der Waals surface area contributed by atoms with Crippen LogP contribution in [0, 0.1) is 13.8 Å². The number of carbonyl (C=O) groups is 2. The van der Waals surface area contributed by atoms with Crippen molar-refractivity contribution in [1.82, 2.24) is 0 Å². The average molecular weight is 318 g/mol. The van der Waals surface area contributed by atoms with Crippen LogP contribution in [0.1, 0.15) is 42.5 Å². The van der Waals surface area contributed by atoms with Gasteiger partial charge >= 0.3 is 11.9 Å². The predicted octanol–water partition coefficient (Wildman–Crippen LogP) is 4.26. The highest BCUT2D eigenvalue weighted by atomic mass is 16.6. The number of carbonyl (C=O) groups excluding carboxylic acids is 1. The first kappa shape index (κ1) is 18.5. The lowest BCUT2D eigenvalue weighted by molar-refractivity contribution is -0.148. The molecule has 0 unspecified atom stereocenters. The minimum atomic E-state index is -1.03. The Labute approximate surface area is 135 Å². The number of hydrogen-bond acceptors (Lipinski definition) is 4. The maximum absolute atomic E-state index is 10.7. The van der Waals surface area contributed by atoms with Crippen molar-refractivity contribution in [2.24, 2.45) is 0 Å². The molecule has 0 atom stereocenters. The summed E-state index contributed by atoms with van der Waals surface area (Å²) in [7, 11) is 0. The number of furan rings is 1. The predicted molar refractivity (Wildman–Crippen MR) is 88.7 cm³/mol. The average Bonchev–Trinajstić information content (AvgIpc) is 2.88. The standard InChI is InChI=1S/C11H10O3.C7H12O2/c1-6-3-4-7(2)10-8(6)5-9(14-10)11(12)13;1-5-6(8)9-7(2,3)4/h3-5H,1-2H3,(H,12,13);5H,1H2,2-4H3. The maximum atomic E-state index is 10.7. The molecule has 2 rings (SSSR count). The summed E-state index contributed by atoms with van der Waals surface area (Å²) in [5.74, 6) is -1.40. The van der Waals surface area contributed by atoms with Gasteiger partial charge in [-0.15, -0.1) is 0 Å². The van der Waals surface area contributed by atoms with E-state index in [0.29, 0.717) is 5.58 Å². The molecule has 23 heavy (non-hydrogen) atoms. The maximum Gasteiger partial charge on any atom is 0.371 e. The van der Waals surface area contributed by atoms with Gasteiger partial charge in [-0.05, 0) is 51.8 Å². The molecule has 0 spiro atoms. The Balaban J connectivity index is 0.000000257. The number of carboxylic acid groups (broad SMARTS) is 1. The largest absolute Gasteiger partial charge is 0.475 e. The van der Waals surface area contributed by atoms with Crippen LogP contribution in [0.4, 0.5) is 0 Å². The monoisotopic (exact) mass is 318 g/mol. The topological polar surface area (TPSA) is 76.7 Å². The fourth-order valence-corrected chi connectivity index (χ4v) is 1.84. The van der Waals surface area contributed by atoms with Crippen LogP contribution in [0.15, 0.2) is 35.3 Å². The molecule has 1 aromatic carbocycles. The number of fused-ring (bicyclic) bond motifs is 1. The van der Waals surface area contributed by atoms with Gasteiger partial charge in [0, 0.05) is 11.5 Å². The van der Waals surface area contributed by atoms with Gasteiger partial charge in [-0.1, -0.05) is 18.7 Å². The molecule has 0 saturated carbocycles. The van der Waals surface area contributed by atoms with Crippen molar-refractivity contribution in [3.8, 4) is 0 Å². The van der Waals surface area contributed by atoms with Crippen LogP contribution in [0.5, 0.6) is 0 Å². The minimum Gasteiger partial charge on any atom is -0.475 e. The van der Waals surface area contributed by atoms with Gasteiger partial charge in [-0.2, -0.15) is 0 Å². The zero-order chi connectivity index (χ0) is 17.8. The van der Waals surface area contributed by atoms with Crippen molar-refractivity contribution in [3.05, 3.63) is 47.7 Å². The lowest BCUT2D eigenvalue weighted by Crippen LogP contribution is -2.22. The number of carboxylic acids is 1. The highest BCUT2D eigenvalue weighted by Gasteiger charge is 2.13. The highest BCUT2D eigenvalue weighted by Crippen LogP contribution is 2.25. The van der Waals surface area contributed by atoms with E-state index in [2.05, 4.69) is 6.58 Å². The summed E-state index contributed by atoms with van der Waals surface area (Å²) >= 11 is 0. The molecular weight excluding hydrogens is 296 g/mol. The van der Waals surface area contributed by atoms with Crippen LogP contribution >= 0.6 is 0 Å². The number of benzene rings is 1. The molecule has 1 N–H and O–H groups in total. The van der Waals surface area contributed by atoms with E-state index in [9.17, 15) is 9.59 Å². The van der Waals surface area contributed by atoms with Crippen LogP contribution in [-0.2, 0) is 9.53 Å². The molecule has 5 heteroatoms. The lowest BCUT2D eigenvalue weighted by Gasteiger charge is -2.17. The van der Waals surface area contributed by atoms with Crippen molar-refractivity contribution in [3.63, 3.8) is 0 Å². The fraction of sp³-hybridized carbons (Fsp3) is 0.333. The van der Waals surface area contributed by atoms with E-state index in [4.69, 9.17) is 14.3 Å². The molecule has 1 aromatic heterocycles. The first-order valence-corrected chi connectivity index (χ1v) is 7.13. The van der Waals surface area contributed by atoms with Crippen molar-refractivity contribution in [2.75, 3.05) is 0 Å². The van der Waals surface area contributed by atoms with Gasteiger partial charge in [0.2, 0.25) is 5.76 Å². The highest BCUT2D eigenvalue weighted by molar-refractivity contribution is 5.93. The Kier molecular flexibility index (Phi) is 5.73. The molecule has 0 aliphatic carbocycles. The Morgan fingerprint density at radius 1 is 1.22 bits per heavy atom. The van der Waals surface area contributed by atoms with Gasteiger partial charge in [-0.25, -0.2) is 9.59 Å². The lowest BCUT2D eigenvalue weighted by atomic mass is 10.1. The Morgan fingerprint density at radius 2 is 1.78 bits per heavy atom. The van der Waals surface area contributed by atoms with E-state index in [1.165, 1.54) is 0 Å². The zero-order valence-corrected chi connectivity index (χ0v) is 14.1. The smallest absolute Gasteiger partial charge is 0.371 e. The quantitative estimate of drug-likeness (QED) is 0.661. The Hall–Kier alpha value is -2.56. The van der Waals surface area contributed by atoms with E-state index in [0.717, 1.165) is 22.6 Å². The summed E-state index contributed by atoms with van der Waals surface area (Å²) in [6.45, 7) is 12.5. The van der Waals surface area contributed by atoms with E-state index < -0.39 is 11.6 Å². The summed E-state index contributed by atoms with van der Waals surface area (Å²) in [6, 6.07) is 5.45. The second-order valence-corrected chi connectivity index (χ2v) is 6.10. The van der Waals surface area contributed by atoms with E-state index in [1.807, 2.05) is 46.8 Å². The van der Waals surface area contributed by atoms with Crippen molar-refractivity contribution in [1.29, 1.82) is 0 Å². The molecule has 0 bridgehead atoms. The molecule has 0 amide bonds. The molecule has 0 radical (unpaired) electrons. The summed E-state index contributed by atoms with van der Waals surface area (Å²) in [6.07, 6.45) is 1.16. The molecule has 0 aliphatic rings. The number of aryl methyl sites for hydroxylation is 2. The number of aromatic carboxylic acids is 1. The molecule has 0 aliphatic heterocycles. The van der Waals surface area contributed by atoms with Gasteiger partial charge in [0.1, 0.15) is 11.2 Å². The van der Waals surface area contributed by atoms with E-state index in [1.54, 1.807) is 6.07 Å². The SMILES string of the molecule is C=CC(=O)OC(C)(C)C.Cc1ccc(C)c2oc(C(=O)O)cc12. The Bertz CT molecular complexity index is 693. The molecular formula is C18H22O5. The second-order valence-electron chi connectivity index (χ2n) is 6.10. The van der Waals surface area contributed by atoms with Crippen molar-refractivity contribution < 1.29 is 23.8 Å². The summed E-state index contributed by atoms with van der Waals surface area (Å²) in [5.41, 5.74) is 2.26.